The Morgan fingerprint density at radius 1 is 1.25 bits per heavy atom. The largest absolute Gasteiger partial charge is 0.342 e. The van der Waals surface area contributed by atoms with Crippen molar-refractivity contribution in [3.63, 3.8) is 0 Å². The molecule has 7 nitrogen and oxygen atoms in total. The van der Waals surface area contributed by atoms with Crippen LogP contribution in [0.2, 0.25) is 10.0 Å². The molecule has 1 aliphatic heterocycles. The number of hydrogen-bond donors (Lipinski definition) is 0. The number of benzene rings is 1. The molecular formula is C14H17Cl2N3O4S. The van der Waals surface area contributed by atoms with Crippen molar-refractivity contribution in [2.75, 3.05) is 43.3 Å². The van der Waals surface area contributed by atoms with E-state index in [4.69, 9.17) is 23.2 Å². The summed E-state index contributed by atoms with van der Waals surface area (Å²) in [4.78, 5) is 26.3. The smallest absolute Gasteiger partial charge is 0.243 e. The molecule has 1 aromatic carbocycles. The van der Waals surface area contributed by atoms with Crippen LogP contribution in [0.5, 0.6) is 0 Å². The molecule has 10 heteroatoms. The number of sulfonamides is 1. The maximum Gasteiger partial charge on any atom is 0.243 e. The summed E-state index contributed by atoms with van der Waals surface area (Å²) in [7, 11) is -3.73. The first kappa shape index (κ1) is 18.8. The van der Waals surface area contributed by atoms with Crippen LogP contribution in [-0.4, -0.2) is 69.5 Å². The predicted octanol–water partition coefficient (Wildman–Crippen LogP) is 1.06. The highest BCUT2D eigenvalue weighted by atomic mass is 35.5. The van der Waals surface area contributed by atoms with E-state index in [1.165, 1.54) is 23.1 Å². The van der Waals surface area contributed by atoms with Crippen LogP contribution in [-0.2, 0) is 19.6 Å². The van der Waals surface area contributed by atoms with Crippen molar-refractivity contribution in [2.45, 2.75) is 0 Å². The third-order valence-corrected chi connectivity index (χ3v) is 5.35. The minimum absolute atomic E-state index is 0.159. The number of rotatable bonds is 5. The molecule has 132 valence electrons. The molecule has 0 spiro atoms. The zero-order chi connectivity index (χ0) is 17.9. The molecule has 1 aromatic rings. The molecule has 1 heterocycles. The Balaban J connectivity index is 2.20. The van der Waals surface area contributed by atoms with Crippen molar-refractivity contribution >= 4 is 51.2 Å². The van der Waals surface area contributed by atoms with Crippen LogP contribution in [0.3, 0.4) is 0 Å². The second-order valence-corrected chi connectivity index (χ2v) is 8.14. The van der Waals surface area contributed by atoms with Crippen LogP contribution in [0.4, 0.5) is 5.69 Å². The van der Waals surface area contributed by atoms with E-state index < -0.39 is 10.0 Å². The molecule has 0 aliphatic carbocycles. The monoisotopic (exact) mass is 393 g/mol. The van der Waals surface area contributed by atoms with E-state index >= 15 is 0 Å². The zero-order valence-electron chi connectivity index (χ0n) is 13.0. The molecule has 0 bridgehead atoms. The van der Waals surface area contributed by atoms with Gasteiger partial charge in [0.1, 0.15) is 6.54 Å². The molecule has 0 unspecified atom stereocenters. The first-order valence-electron chi connectivity index (χ1n) is 7.12. The molecule has 0 aromatic heterocycles. The van der Waals surface area contributed by atoms with Crippen LogP contribution in [0.1, 0.15) is 0 Å². The highest BCUT2D eigenvalue weighted by Gasteiger charge is 2.27. The van der Waals surface area contributed by atoms with Crippen LogP contribution < -0.4 is 4.31 Å². The summed E-state index contributed by atoms with van der Waals surface area (Å²) < 4.78 is 25.2. The van der Waals surface area contributed by atoms with Gasteiger partial charge in [0.15, 0.2) is 0 Å². The van der Waals surface area contributed by atoms with Crippen molar-refractivity contribution in [1.82, 2.24) is 9.80 Å². The normalized spacial score (nSPS) is 15.3. The Bertz CT molecular complexity index is 734. The van der Waals surface area contributed by atoms with Crippen molar-refractivity contribution in [3.05, 3.63) is 28.2 Å². The molecule has 1 fully saturated rings. The lowest BCUT2D eigenvalue weighted by Gasteiger charge is -2.34. The summed E-state index contributed by atoms with van der Waals surface area (Å²) in [5.41, 5.74) is 0.159. The van der Waals surface area contributed by atoms with Gasteiger partial charge in [-0.3, -0.25) is 13.9 Å². The van der Waals surface area contributed by atoms with Crippen LogP contribution in [0.25, 0.3) is 0 Å². The number of amides is 2. The van der Waals surface area contributed by atoms with E-state index in [0.717, 1.165) is 17.0 Å². The van der Waals surface area contributed by atoms with Crippen molar-refractivity contribution in [3.8, 4) is 0 Å². The lowest BCUT2D eigenvalue weighted by molar-refractivity contribution is -0.133. The fraction of sp³-hybridized carbons (Fsp3) is 0.429. The van der Waals surface area contributed by atoms with E-state index in [9.17, 15) is 18.0 Å². The fourth-order valence-electron chi connectivity index (χ4n) is 2.36. The van der Waals surface area contributed by atoms with E-state index in [1.54, 1.807) is 4.90 Å². The summed E-state index contributed by atoms with van der Waals surface area (Å²) in [5, 5.41) is 0.499. The highest BCUT2D eigenvalue weighted by Crippen LogP contribution is 2.30. The molecule has 1 saturated heterocycles. The van der Waals surface area contributed by atoms with Gasteiger partial charge in [-0.05, 0) is 18.2 Å². The number of nitrogens with zero attached hydrogens (tertiary/aromatic N) is 3. The molecule has 0 N–H and O–H groups in total. The molecule has 0 atom stereocenters. The number of carbonyl (C=O) groups is 2. The van der Waals surface area contributed by atoms with Gasteiger partial charge >= 0.3 is 0 Å². The van der Waals surface area contributed by atoms with Crippen LogP contribution in [0, 0.1) is 0 Å². The first-order valence-corrected chi connectivity index (χ1v) is 9.72. The van der Waals surface area contributed by atoms with Crippen molar-refractivity contribution < 1.29 is 18.0 Å². The van der Waals surface area contributed by atoms with Gasteiger partial charge in [0, 0.05) is 31.2 Å². The van der Waals surface area contributed by atoms with E-state index in [2.05, 4.69) is 0 Å². The quantitative estimate of drug-likeness (QED) is 0.700. The van der Waals surface area contributed by atoms with E-state index in [0.29, 0.717) is 31.2 Å². The Labute approximate surface area is 150 Å². The average molecular weight is 394 g/mol. The van der Waals surface area contributed by atoms with Gasteiger partial charge in [-0.2, -0.15) is 0 Å². The van der Waals surface area contributed by atoms with Crippen LogP contribution >= 0.6 is 23.2 Å². The van der Waals surface area contributed by atoms with E-state index in [1.807, 2.05) is 0 Å². The molecular weight excluding hydrogens is 377 g/mol. The second-order valence-electron chi connectivity index (χ2n) is 5.39. The van der Waals surface area contributed by atoms with Gasteiger partial charge in [-0.1, -0.05) is 23.2 Å². The number of anilines is 1. The number of piperazine rings is 1. The molecule has 1 aliphatic rings. The van der Waals surface area contributed by atoms with Gasteiger partial charge in [0.2, 0.25) is 22.3 Å². The third kappa shape index (κ3) is 4.52. The molecule has 0 saturated carbocycles. The Hall–Kier alpha value is -1.51. The lowest BCUT2D eigenvalue weighted by Crippen LogP contribution is -2.51. The zero-order valence-corrected chi connectivity index (χ0v) is 15.3. The van der Waals surface area contributed by atoms with Gasteiger partial charge in [-0.25, -0.2) is 8.42 Å². The highest BCUT2D eigenvalue weighted by molar-refractivity contribution is 7.92. The molecule has 2 amide bonds. The Kier molecular flexibility index (Phi) is 5.95. The summed E-state index contributed by atoms with van der Waals surface area (Å²) in [5.74, 6) is -0.359. The third-order valence-electron chi connectivity index (χ3n) is 3.67. The lowest BCUT2D eigenvalue weighted by atomic mass is 10.3. The second kappa shape index (κ2) is 7.58. The number of carbonyl (C=O) groups excluding carboxylic acids is 2. The van der Waals surface area contributed by atoms with Gasteiger partial charge in [0.05, 0.1) is 17.0 Å². The standard InChI is InChI=1S/C14H17Cl2N3O4S/c1-24(22,23)19(13-8-11(15)2-3-12(13)16)9-14(21)18-6-4-17(10-20)5-7-18/h2-3,8,10H,4-7,9H2,1H3. The number of halogens is 2. The summed E-state index contributed by atoms with van der Waals surface area (Å²) >= 11 is 12.0. The minimum Gasteiger partial charge on any atom is -0.342 e. The summed E-state index contributed by atoms with van der Waals surface area (Å²) in [6.45, 7) is 1.19. The van der Waals surface area contributed by atoms with Crippen molar-refractivity contribution in [1.29, 1.82) is 0 Å². The SMILES string of the molecule is CS(=O)(=O)N(CC(=O)N1CCN(C=O)CC1)c1cc(Cl)ccc1Cl. The number of hydrogen-bond acceptors (Lipinski definition) is 4. The molecule has 0 radical (unpaired) electrons. The van der Waals surface area contributed by atoms with Gasteiger partial charge in [-0.15, -0.1) is 0 Å². The first-order chi connectivity index (χ1) is 11.2. The minimum atomic E-state index is -3.73. The Morgan fingerprint density at radius 2 is 1.88 bits per heavy atom. The molecule has 24 heavy (non-hydrogen) atoms. The maximum absolute atomic E-state index is 12.5. The van der Waals surface area contributed by atoms with Gasteiger partial charge < -0.3 is 9.80 Å². The average Bonchev–Trinajstić information content (AvgIpc) is 2.54. The Morgan fingerprint density at radius 3 is 2.42 bits per heavy atom. The summed E-state index contributed by atoms with van der Waals surface area (Å²) in [6.07, 6.45) is 1.73. The van der Waals surface area contributed by atoms with Gasteiger partial charge in [0.25, 0.3) is 0 Å². The van der Waals surface area contributed by atoms with E-state index in [-0.39, 0.29) is 23.2 Å². The van der Waals surface area contributed by atoms with Crippen LogP contribution in [0.15, 0.2) is 18.2 Å². The van der Waals surface area contributed by atoms with Crippen molar-refractivity contribution in [2.24, 2.45) is 0 Å². The topological polar surface area (TPSA) is 78.0 Å². The predicted molar refractivity (Wildman–Crippen MR) is 92.9 cm³/mol. The molecule has 2 rings (SSSR count). The fourth-order valence-corrected chi connectivity index (χ4v) is 3.65. The summed E-state index contributed by atoms with van der Waals surface area (Å²) in [6, 6.07) is 4.42. The maximum atomic E-state index is 12.5.